The van der Waals surface area contributed by atoms with E-state index in [0.717, 1.165) is 0 Å². The number of carbonyl (C=O) groups excluding carboxylic acids is 1. The van der Waals surface area contributed by atoms with Crippen molar-refractivity contribution in [2.75, 3.05) is 38.9 Å². The van der Waals surface area contributed by atoms with Crippen LogP contribution in [0.25, 0.3) is 0 Å². The minimum atomic E-state index is -0.310. The number of nitrogens with one attached hydrogen (secondary N) is 1. The highest BCUT2D eigenvalue weighted by molar-refractivity contribution is 6.31. The molecule has 0 aliphatic rings. The van der Waals surface area contributed by atoms with Crippen LogP contribution in [0.4, 0.5) is 5.69 Å². The smallest absolute Gasteiger partial charge is 0.250 e. The van der Waals surface area contributed by atoms with E-state index in [1.807, 2.05) is 0 Å². The summed E-state index contributed by atoms with van der Waals surface area (Å²) >= 11 is 5.88. The van der Waals surface area contributed by atoms with Gasteiger partial charge in [-0.15, -0.1) is 0 Å². The normalized spacial score (nSPS) is 9.75. The van der Waals surface area contributed by atoms with Gasteiger partial charge in [0.1, 0.15) is 13.2 Å². The lowest BCUT2D eigenvalue weighted by Gasteiger charge is -2.08. The van der Waals surface area contributed by atoms with Crippen molar-refractivity contribution >= 4 is 23.2 Å². The number of methoxy groups -OCH3 is 1. The molecule has 0 bridgehead atoms. The van der Waals surface area contributed by atoms with E-state index in [-0.39, 0.29) is 19.1 Å². The quantitative estimate of drug-likeness (QED) is 0.613. The van der Waals surface area contributed by atoms with Crippen LogP contribution in [0, 0.1) is 11.8 Å². The maximum atomic E-state index is 11.7. The van der Waals surface area contributed by atoms with Crippen molar-refractivity contribution in [1.29, 1.82) is 0 Å². The molecule has 5 nitrogen and oxygen atoms in total. The van der Waals surface area contributed by atoms with Crippen LogP contribution in [0.5, 0.6) is 0 Å². The van der Waals surface area contributed by atoms with Gasteiger partial charge in [0.15, 0.2) is 0 Å². The molecule has 0 atom stereocenters. The predicted octanol–water partition coefficient (Wildman–Crippen LogP) is 1.29. The minimum Gasteiger partial charge on any atom is -0.384 e. The van der Waals surface area contributed by atoms with Gasteiger partial charge in [-0.3, -0.25) is 4.79 Å². The Morgan fingerprint density at radius 2 is 2.25 bits per heavy atom. The first-order valence-electron chi connectivity index (χ1n) is 5.93. The number of hydrogen-bond donors (Lipinski definition) is 2. The maximum absolute atomic E-state index is 11.7. The maximum Gasteiger partial charge on any atom is 0.250 e. The van der Waals surface area contributed by atoms with Gasteiger partial charge >= 0.3 is 0 Å². The summed E-state index contributed by atoms with van der Waals surface area (Å²) in [5.41, 5.74) is 1.06. The first-order chi connectivity index (χ1) is 9.67. The summed E-state index contributed by atoms with van der Waals surface area (Å²) in [7, 11) is 1.56. The molecule has 0 saturated heterocycles. The predicted molar refractivity (Wildman–Crippen MR) is 76.7 cm³/mol. The molecule has 0 unspecified atom stereocenters. The molecular formula is C14H16ClNO4. The molecule has 1 amide bonds. The van der Waals surface area contributed by atoms with Gasteiger partial charge in [0.25, 0.3) is 0 Å². The molecule has 0 heterocycles. The van der Waals surface area contributed by atoms with E-state index in [1.54, 1.807) is 25.3 Å². The number of amides is 1. The van der Waals surface area contributed by atoms with Crippen LogP contribution in [0.15, 0.2) is 18.2 Å². The molecular weight excluding hydrogens is 282 g/mol. The second-order valence-electron chi connectivity index (χ2n) is 3.74. The van der Waals surface area contributed by atoms with E-state index in [1.165, 1.54) is 0 Å². The van der Waals surface area contributed by atoms with Gasteiger partial charge in [-0.2, -0.15) is 0 Å². The molecule has 0 aromatic heterocycles. The summed E-state index contributed by atoms with van der Waals surface area (Å²) in [6.07, 6.45) is 0. The topological polar surface area (TPSA) is 67.8 Å². The van der Waals surface area contributed by atoms with E-state index >= 15 is 0 Å². The van der Waals surface area contributed by atoms with E-state index in [9.17, 15) is 4.79 Å². The number of aliphatic hydroxyl groups excluding tert-OH is 1. The fraction of sp³-hybridized carbons (Fsp3) is 0.357. The largest absolute Gasteiger partial charge is 0.384 e. The number of carbonyl (C=O) groups is 1. The van der Waals surface area contributed by atoms with Gasteiger partial charge in [-0.1, -0.05) is 23.4 Å². The zero-order chi connectivity index (χ0) is 14.8. The Labute approximate surface area is 122 Å². The third-order valence-corrected chi connectivity index (χ3v) is 2.46. The van der Waals surface area contributed by atoms with E-state index in [2.05, 4.69) is 17.2 Å². The third-order valence-electron chi connectivity index (χ3n) is 2.22. The molecule has 2 N–H and O–H groups in total. The van der Waals surface area contributed by atoms with Crippen molar-refractivity contribution in [1.82, 2.24) is 0 Å². The van der Waals surface area contributed by atoms with Gasteiger partial charge < -0.3 is 19.9 Å². The summed E-state index contributed by atoms with van der Waals surface area (Å²) in [6, 6.07) is 4.93. The summed E-state index contributed by atoms with van der Waals surface area (Å²) in [6.45, 7) is 0.438. The third kappa shape index (κ3) is 6.04. The van der Waals surface area contributed by atoms with Crippen molar-refractivity contribution in [3.63, 3.8) is 0 Å². The Bertz CT molecular complexity index is 508. The highest BCUT2D eigenvalue weighted by Gasteiger charge is 2.07. The van der Waals surface area contributed by atoms with E-state index in [0.29, 0.717) is 29.5 Å². The average molecular weight is 298 g/mol. The van der Waals surface area contributed by atoms with E-state index < -0.39 is 0 Å². The molecule has 0 spiro atoms. The summed E-state index contributed by atoms with van der Waals surface area (Å²) < 4.78 is 9.92. The fourth-order valence-electron chi connectivity index (χ4n) is 1.36. The SMILES string of the molecule is COCCOCC(=O)Nc1cc(Cl)ccc1C#CCO. The fourth-order valence-corrected chi connectivity index (χ4v) is 1.53. The Hall–Kier alpha value is -1.58. The minimum absolute atomic E-state index is 0.0806. The van der Waals surface area contributed by atoms with Gasteiger partial charge in [0.05, 0.1) is 18.9 Å². The lowest BCUT2D eigenvalue weighted by atomic mass is 10.2. The summed E-state index contributed by atoms with van der Waals surface area (Å²) in [4.78, 5) is 11.7. The van der Waals surface area contributed by atoms with Crippen LogP contribution in [-0.2, 0) is 14.3 Å². The zero-order valence-corrected chi connectivity index (χ0v) is 11.9. The molecule has 0 fully saturated rings. The van der Waals surface area contributed by atoms with Crippen molar-refractivity contribution in [3.8, 4) is 11.8 Å². The molecule has 0 radical (unpaired) electrons. The number of halogens is 1. The molecule has 1 aromatic rings. The molecule has 20 heavy (non-hydrogen) atoms. The van der Waals surface area contributed by atoms with E-state index in [4.69, 9.17) is 26.2 Å². The average Bonchev–Trinajstić information content (AvgIpc) is 2.43. The Morgan fingerprint density at radius 3 is 2.95 bits per heavy atom. The van der Waals surface area contributed by atoms with Crippen LogP contribution in [0.3, 0.4) is 0 Å². The highest BCUT2D eigenvalue weighted by atomic mass is 35.5. The van der Waals surface area contributed by atoms with Crippen LogP contribution in [0.1, 0.15) is 5.56 Å². The second-order valence-corrected chi connectivity index (χ2v) is 4.18. The number of hydrogen-bond acceptors (Lipinski definition) is 4. The Morgan fingerprint density at radius 1 is 1.45 bits per heavy atom. The first kappa shape index (κ1) is 16.5. The molecule has 1 aromatic carbocycles. The number of benzene rings is 1. The first-order valence-corrected chi connectivity index (χ1v) is 6.31. The van der Waals surface area contributed by atoms with Crippen molar-refractivity contribution < 1.29 is 19.4 Å². The number of anilines is 1. The van der Waals surface area contributed by atoms with Gasteiger partial charge in [-0.25, -0.2) is 0 Å². The number of rotatable bonds is 6. The summed E-state index contributed by atoms with van der Waals surface area (Å²) in [5, 5.41) is 11.8. The van der Waals surface area contributed by atoms with Crippen LogP contribution in [0.2, 0.25) is 5.02 Å². The lowest BCUT2D eigenvalue weighted by molar-refractivity contribution is -0.121. The monoisotopic (exact) mass is 297 g/mol. The van der Waals surface area contributed by atoms with Crippen molar-refractivity contribution in [2.24, 2.45) is 0 Å². The van der Waals surface area contributed by atoms with Gasteiger partial charge in [0.2, 0.25) is 5.91 Å². The molecule has 0 aliphatic carbocycles. The van der Waals surface area contributed by atoms with Crippen molar-refractivity contribution in [3.05, 3.63) is 28.8 Å². The van der Waals surface area contributed by atoms with Crippen LogP contribution in [-0.4, -0.2) is 44.6 Å². The van der Waals surface area contributed by atoms with Gasteiger partial charge in [-0.05, 0) is 18.2 Å². The highest BCUT2D eigenvalue weighted by Crippen LogP contribution is 2.20. The second kappa shape index (κ2) is 9.34. The lowest BCUT2D eigenvalue weighted by Crippen LogP contribution is -2.20. The molecule has 0 aliphatic heterocycles. The molecule has 108 valence electrons. The molecule has 1 rings (SSSR count). The Kier molecular flexibility index (Phi) is 7.70. The number of ether oxygens (including phenoxy) is 2. The van der Waals surface area contributed by atoms with Crippen molar-refractivity contribution in [2.45, 2.75) is 0 Å². The van der Waals surface area contributed by atoms with Gasteiger partial charge in [0, 0.05) is 17.7 Å². The standard InChI is InChI=1S/C14H16ClNO4/c1-19-7-8-20-10-14(18)16-13-9-12(15)5-4-11(13)3-2-6-17/h4-5,9,17H,6-8,10H2,1H3,(H,16,18). The molecule has 0 saturated carbocycles. The summed E-state index contributed by atoms with van der Waals surface area (Å²) in [5.74, 6) is 4.95. The van der Waals surface area contributed by atoms with Crippen LogP contribution >= 0.6 is 11.6 Å². The number of aliphatic hydroxyl groups is 1. The zero-order valence-electron chi connectivity index (χ0n) is 11.1. The van der Waals surface area contributed by atoms with Crippen LogP contribution < -0.4 is 5.32 Å². The molecule has 6 heteroatoms. The Balaban J connectivity index is 2.65.